The molecule has 0 amide bonds. The van der Waals surface area contributed by atoms with E-state index in [1.807, 2.05) is 41.8 Å². The van der Waals surface area contributed by atoms with Crippen LogP contribution in [-0.2, 0) is 0 Å². The molecule has 0 unspecified atom stereocenters. The Labute approximate surface area is 189 Å². The maximum Gasteiger partial charge on any atom is 0.248 e. The zero-order valence-corrected chi connectivity index (χ0v) is 18.5. The van der Waals surface area contributed by atoms with Crippen LogP contribution >= 0.6 is 11.3 Å². The summed E-state index contributed by atoms with van der Waals surface area (Å²) < 4.78 is 6.14. The highest BCUT2D eigenvalue weighted by Crippen LogP contribution is 2.35. The fraction of sp³-hybridized carbons (Fsp3) is 0.292. The van der Waals surface area contributed by atoms with Crippen LogP contribution in [0.1, 0.15) is 6.42 Å². The van der Waals surface area contributed by atoms with Gasteiger partial charge in [-0.1, -0.05) is 6.07 Å². The molecule has 0 aliphatic carbocycles. The van der Waals surface area contributed by atoms with E-state index in [0.717, 1.165) is 26.7 Å². The fourth-order valence-electron chi connectivity index (χ4n) is 4.47. The van der Waals surface area contributed by atoms with Crippen molar-refractivity contribution in [3.05, 3.63) is 80.7 Å². The largest absolute Gasteiger partial charge is 0.632 e. The molecule has 1 N–H and O–H groups in total. The van der Waals surface area contributed by atoms with Crippen LogP contribution in [0.2, 0.25) is 0 Å². The number of rotatable bonds is 6. The third-order valence-corrected chi connectivity index (χ3v) is 7.21. The molecule has 2 aromatic carbocycles. The summed E-state index contributed by atoms with van der Waals surface area (Å²) in [5.74, 6) is 0.662. The summed E-state index contributed by atoms with van der Waals surface area (Å²) in [6.45, 7) is 2.03. The van der Waals surface area contributed by atoms with Crippen molar-refractivity contribution in [2.24, 2.45) is 0 Å². The van der Waals surface area contributed by atoms with Gasteiger partial charge in [0, 0.05) is 29.3 Å². The van der Waals surface area contributed by atoms with Crippen molar-refractivity contribution >= 4 is 38.0 Å². The molecule has 2 aromatic heterocycles. The minimum Gasteiger partial charge on any atom is -0.632 e. The number of H-pyrrole nitrogens is 1. The smallest absolute Gasteiger partial charge is 0.248 e. The van der Waals surface area contributed by atoms with Crippen molar-refractivity contribution in [2.75, 3.05) is 39.3 Å². The van der Waals surface area contributed by atoms with E-state index in [1.165, 1.54) is 6.07 Å². The van der Waals surface area contributed by atoms with Gasteiger partial charge in [0.15, 0.2) is 0 Å². The number of piperazine rings is 1. The first-order valence-electron chi connectivity index (χ1n) is 10.8. The van der Waals surface area contributed by atoms with Gasteiger partial charge in [-0.15, -0.1) is 11.3 Å². The first kappa shape index (κ1) is 21.1. The van der Waals surface area contributed by atoms with Crippen molar-refractivity contribution in [1.29, 1.82) is 0 Å². The lowest BCUT2D eigenvalue weighted by atomic mass is 10.1. The number of benzene rings is 2. The summed E-state index contributed by atoms with van der Waals surface area (Å²) in [4.78, 5) is 14.3. The lowest BCUT2D eigenvalue weighted by molar-refractivity contribution is -0.884. The monoisotopic (exact) mass is 451 g/mol. The lowest BCUT2D eigenvalue weighted by Gasteiger charge is -2.54. The highest BCUT2D eigenvalue weighted by atomic mass is 32.1. The van der Waals surface area contributed by atoms with E-state index in [4.69, 9.17) is 4.74 Å². The summed E-state index contributed by atoms with van der Waals surface area (Å²) in [6.07, 6.45) is 0.603. The average Bonchev–Trinajstić information content (AvgIpc) is 3.28. The molecule has 1 fully saturated rings. The highest BCUT2D eigenvalue weighted by Gasteiger charge is 2.34. The number of hydrogen-bond acceptors (Lipinski definition) is 5. The molecule has 0 spiro atoms. The molecule has 0 radical (unpaired) electrons. The minimum atomic E-state index is -0.428. The standard InChI is InChI=1S/C24H25N3O4S/c28-24-8-6-18-5-7-19(17-21(18)25-24)31-15-2-10-26(29)11-13-27(30,14-12-26)22-3-1-4-23-20(22)9-16-32-23/h1,3-9,16-17H,2,10-15H2,(H,25,28). The second-order valence-corrected chi connectivity index (χ2v) is 9.40. The minimum absolute atomic E-state index is 0.152. The van der Waals surface area contributed by atoms with Crippen molar-refractivity contribution < 1.29 is 9.38 Å². The Morgan fingerprint density at radius 3 is 2.66 bits per heavy atom. The predicted octanol–water partition coefficient (Wildman–Crippen LogP) is 4.35. The van der Waals surface area contributed by atoms with Crippen LogP contribution in [0.3, 0.4) is 0 Å². The average molecular weight is 452 g/mol. The van der Waals surface area contributed by atoms with Crippen molar-refractivity contribution in [2.45, 2.75) is 6.42 Å². The Balaban J connectivity index is 1.17. The molecule has 7 nitrogen and oxygen atoms in total. The molecule has 1 saturated heterocycles. The predicted molar refractivity (Wildman–Crippen MR) is 130 cm³/mol. The first-order valence-corrected chi connectivity index (χ1v) is 11.7. The van der Waals surface area contributed by atoms with Crippen molar-refractivity contribution in [1.82, 2.24) is 9.63 Å². The van der Waals surface area contributed by atoms with Crippen LogP contribution in [0, 0.1) is 10.4 Å². The normalized spacial score (nSPS) is 23.6. The Kier molecular flexibility index (Phi) is 5.48. The van der Waals surface area contributed by atoms with E-state index in [1.54, 1.807) is 23.5 Å². The number of aromatic nitrogens is 1. The van der Waals surface area contributed by atoms with Crippen LogP contribution < -0.4 is 14.9 Å². The molecule has 1 aliphatic heterocycles. The molecule has 0 saturated carbocycles. The van der Waals surface area contributed by atoms with Crippen molar-refractivity contribution in [3.63, 3.8) is 0 Å². The Morgan fingerprint density at radius 2 is 1.81 bits per heavy atom. The lowest BCUT2D eigenvalue weighted by Crippen LogP contribution is -2.63. The number of aromatic amines is 1. The number of hydroxylamine groups is 5. The zero-order valence-electron chi connectivity index (χ0n) is 17.7. The fourth-order valence-corrected chi connectivity index (χ4v) is 5.28. The van der Waals surface area contributed by atoms with Crippen LogP contribution in [0.4, 0.5) is 5.69 Å². The van der Waals surface area contributed by atoms with E-state index in [9.17, 15) is 15.2 Å². The quantitative estimate of drug-likeness (QED) is 0.268. The highest BCUT2D eigenvalue weighted by molar-refractivity contribution is 7.17. The van der Waals surface area contributed by atoms with Crippen LogP contribution in [0.25, 0.3) is 21.0 Å². The molecule has 3 heterocycles. The molecule has 32 heavy (non-hydrogen) atoms. The molecular weight excluding hydrogens is 426 g/mol. The van der Waals surface area contributed by atoms with Gasteiger partial charge in [-0.3, -0.25) is 4.79 Å². The van der Waals surface area contributed by atoms with E-state index in [-0.39, 0.29) is 23.3 Å². The van der Waals surface area contributed by atoms with Crippen LogP contribution in [0.15, 0.2) is 64.8 Å². The van der Waals surface area contributed by atoms with Gasteiger partial charge in [-0.2, -0.15) is 0 Å². The van der Waals surface area contributed by atoms with Gasteiger partial charge in [-0.05, 0) is 41.1 Å². The van der Waals surface area contributed by atoms with Crippen LogP contribution in [-0.4, -0.2) is 49.0 Å². The number of nitrogens with one attached hydrogen (secondary N) is 1. The second kappa shape index (κ2) is 8.31. The summed E-state index contributed by atoms with van der Waals surface area (Å²) in [7, 11) is 0. The molecule has 166 valence electrons. The molecule has 5 rings (SSSR count). The second-order valence-electron chi connectivity index (χ2n) is 8.45. The number of thiophene rings is 1. The van der Waals surface area contributed by atoms with Gasteiger partial charge in [0.05, 0.1) is 24.1 Å². The number of nitrogens with zero attached hydrogens (tertiary/aromatic N) is 2. The Morgan fingerprint density at radius 1 is 1.00 bits per heavy atom. The SMILES string of the molecule is O=c1ccc2ccc(OCCC[N+]3([O-])CC[N+]([O-])(c4cccc5sccc45)CC3)cc2[nH]1. The number of pyridine rings is 1. The van der Waals surface area contributed by atoms with Gasteiger partial charge in [-0.25, -0.2) is 0 Å². The third-order valence-electron chi connectivity index (χ3n) is 6.32. The van der Waals surface area contributed by atoms with E-state index >= 15 is 0 Å². The molecule has 0 atom stereocenters. The molecule has 8 heteroatoms. The van der Waals surface area contributed by atoms with Gasteiger partial charge in [0.1, 0.15) is 37.6 Å². The van der Waals surface area contributed by atoms with Gasteiger partial charge in [0.2, 0.25) is 5.56 Å². The van der Waals surface area contributed by atoms with Crippen LogP contribution in [0.5, 0.6) is 5.75 Å². The summed E-state index contributed by atoms with van der Waals surface area (Å²) in [6, 6.07) is 16.7. The number of fused-ring (bicyclic) bond motifs is 2. The number of ether oxygens (including phenoxy) is 1. The Bertz CT molecular complexity index is 1310. The van der Waals surface area contributed by atoms with E-state index in [2.05, 4.69) is 4.98 Å². The summed E-state index contributed by atoms with van der Waals surface area (Å²) in [5, 5.41) is 30.6. The van der Waals surface area contributed by atoms with E-state index < -0.39 is 4.65 Å². The van der Waals surface area contributed by atoms with Gasteiger partial charge in [0.25, 0.3) is 0 Å². The van der Waals surface area contributed by atoms with E-state index in [0.29, 0.717) is 38.4 Å². The summed E-state index contributed by atoms with van der Waals surface area (Å²) >= 11 is 1.63. The third kappa shape index (κ3) is 4.15. The molecule has 1 aliphatic rings. The Hall–Kier alpha value is -2.75. The first-order chi connectivity index (χ1) is 15.4. The number of hydrogen-bond donors (Lipinski definition) is 1. The number of quaternary nitrogens is 2. The van der Waals surface area contributed by atoms with Crippen molar-refractivity contribution in [3.8, 4) is 5.75 Å². The molecule has 0 bridgehead atoms. The zero-order chi connectivity index (χ0) is 22.2. The topological polar surface area (TPSA) is 88.2 Å². The van der Waals surface area contributed by atoms with Gasteiger partial charge >= 0.3 is 0 Å². The summed E-state index contributed by atoms with van der Waals surface area (Å²) in [5.41, 5.74) is 1.34. The van der Waals surface area contributed by atoms with Gasteiger partial charge < -0.3 is 29.4 Å². The maximum absolute atomic E-state index is 13.5. The molecular formula is C24H25N3O4S. The molecule has 4 aromatic rings. The maximum atomic E-state index is 13.5.